The Morgan fingerprint density at radius 2 is 1.03 bits per heavy atom. The van der Waals surface area contributed by atoms with E-state index in [0.717, 1.165) is 6.04 Å². The molecule has 0 aromatic rings. The molecule has 1 atom stereocenters. The molecular weight excluding hydrogens is 437 g/mol. The van der Waals surface area contributed by atoms with Gasteiger partial charge in [-0.05, 0) is 57.9 Å². The minimum atomic E-state index is -2.17. The summed E-state index contributed by atoms with van der Waals surface area (Å²) >= 11 is 0. The minimum Gasteiger partial charge on any atom is -0.439 e. The zero-order valence-corrected chi connectivity index (χ0v) is 26.4. The Bertz CT molecular complexity index is 419. The Balaban J connectivity index is 4.45. The highest BCUT2D eigenvalue weighted by Crippen LogP contribution is 2.28. The molecule has 0 N–H and O–H groups in total. The van der Waals surface area contributed by atoms with Gasteiger partial charge in [0.1, 0.15) is 0 Å². The van der Waals surface area contributed by atoms with Crippen LogP contribution in [0.2, 0.25) is 57.9 Å². The van der Waals surface area contributed by atoms with Crippen LogP contribution in [-0.2, 0) is 12.3 Å². The van der Waals surface area contributed by atoms with Crippen LogP contribution in [0.1, 0.15) is 90.9 Å². The predicted octanol–water partition coefficient (Wildman–Crippen LogP) is 8.72. The number of hydrogen-bond acceptors (Lipinski definition) is 3. The van der Waals surface area contributed by atoms with Crippen LogP contribution in [0.3, 0.4) is 0 Å². The largest absolute Gasteiger partial charge is 0.439 e. The van der Waals surface area contributed by atoms with E-state index in [0.29, 0.717) is 0 Å². The summed E-state index contributed by atoms with van der Waals surface area (Å²) in [6, 6.07) is 2.37. The summed E-state index contributed by atoms with van der Waals surface area (Å²) in [7, 11) is -7.09. The molecule has 0 aliphatic heterocycles. The van der Waals surface area contributed by atoms with Crippen molar-refractivity contribution < 1.29 is 12.3 Å². The minimum absolute atomic E-state index is 1.13. The lowest BCUT2D eigenvalue weighted by Gasteiger charge is -2.40. The van der Waals surface area contributed by atoms with Crippen molar-refractivity contribution >= 4 is 34.5 Å². The second kappa shape index (κ2) is 16.4. The summed E-state index contributed by atoms with van der Waals surface area (Å²) in [6.07, 6.45) is 16.3. The zero-order valence-electron chi connectivity index (χ0n) is 22.2. The summed E-state index contributed by atoms with van der Waals surface area (Å²) in [4.78, 5) is 0. The highest BCUT2D eigenvalue weighted by molar-refractivity contribution is 6.87. The summed E-state index contributed by atoms with van der Waals surface area (Å²) in [5.41, 5.74) is 0. The lowest BCUT2D eigenvalue weighted by molar-refractivity contribution is 0.324. The molecule has 0 bridgehead atoms. The van der Waals surface area contributed by atoms with E-state index in [2.05, 4.69) is 59.7 Å². The number of unbranched alkanes of at least 4 members (excludes halogenated alkanes) is 10. The molecule has 0 aromatic heterocycles. The van der Waals surface area contributed by atoms with Crippen molar-refractivity contribution in [3.05, 3.63) is 0 Å². The van der Waals surface area contributed by atoms with Gasteiger partial charge in [0.15, 0.2) is 17.4 Å². The second-order valence-electron chi connectivity index (χ2n) is 10.7. The molecule has 0 saturated heterocycles. The summed E-state index contributed by atoms with van der Waals surface area (Å²) < 4.78 is 20.1. The Morgan fingerprint density at radius 3 is 1.50 bits per heavy atom. The third-order valence-corrected chi connectivity index (χ3v) is 20.2. The lowest BCUT2D eigenvalue weighted by atomic mass is 10.1. The SMILES string of the molecule is CCCCCCCCCCCC[Si](C)(O[SiH](C)C)O[Si](C)(C)O[Si](C)(C)CCCC. The molecule has 182 valence electrons. The van der Waals surface area contributed by atoms with Gasteiger partial charge in [-0.1, -0.05) is 90.9 Å². The van der Waals surface area contributed by atoms with Gasteiger partial charge in [-0.3, -0.25) is 0 Å². The van der Waals surface area contributed by atoms with Gasteiger partial charge < -0.3 is 12.3 Å². The molecular formula is C23H56O3Si4. The molecule has 1 unspecified atom stereocenters. The first kappa shape index (κ1) is 30.7. The fourth-order valence-electron chi connectivity index (χ4n) is 4.43. The molecule has 0 amide bonds. The maximum Gasteiger partial charge on any atom is 0.315 e. The van der Waals surface area contributed by atoms with Gasteiger partial charge in [-0.15, -0.1) is 0 Å². The second-order valence-corrected chi connectivity index (χ2v) is 25.0. The molecule has 3 nitrogen and oxygen atoms in total. The van der Waals surface area contributed by atoms with Crippen molar-refractivity contribution in [2.75, 3.05) is 0 Å². The maximum absolute atomic E-state index is 6.84. The molecule has 7 heteroatoms. The third kappa shape index (κ3) is 17.3. The quantitative estimate of drug-likeness (QED) is 0.126. The van der Waals surface area contributed by atoms with E-state index >= 15 is 0 Å². The number of rotatable bonds is 20. The fraction of sp³-hybridized carbons (Fsp3) is 1.00. The molecule has 0 fully saturated rings. The first-order chi connectivity index (χ1) is 14.0. The summed E-state index contributed by atoms with van der Waals surface area (Å²) in [5, 5.41) is 0. The lowest BCUT2D eigenvalue weighted by Crippen LogP contribution is -2.55. The maximum atomic E-state index is 6.84. The van der Waals surface area contributed by atoms with Crippen LogP contribution >= 0.6 is 0 Å². The molecule has 0 spiro atoms. The average molecular weight is 493 g/mol. The molecule has 30 heavy (non-hydrogen) atoms. The van der Waals surface area contributed by atoms with E-state index in [9.17, 15) is 0 Å². The van der Waals surface area contributed by atoms with E-state index in [4.69, 9.17) is 12.3 Å². The van der Waals surface area contributed by atoms with Gasteiger partial charge >= 0.3 is 17.1 Å². The smallest absolute Gasteiger partial charge is 0.315 e. The van der Waals surface area contributed by atoms with Crippen molar-refractivity contribution in [2.45, 2.75) is 149 Å². The van der Waals surface area contributed by atoms with Crippen molar-refractivity contribution in [2.24, 2.45) is 0 Å². The van der Waals surface area contributed by atoms with E-state index in [1.807, 2.05) is 0 Å². The topological polar surface area (TPSA) is 27.7 Å². The third-order valence-electron chi connectivity index (χ3n) is 5.59. The first-order valence-electron chi connectivity index (χ1n) is 13.0. The van der Waals surface area contributed by atoms with Crippen LogP contribution in [0.4, 0.5) is 0 Å². The molecule has 0 rings (SSSR count). The molecule has 0 radical (unpaired) electrons. The van der Waals surface area contributed by atoms with Gasteiger partial charge in [0.2, 0.25) is 0 Å². The zero-order chi connectivity index (χ0) is 23.1. The van der Waals surface area contributed by atoms with Gasteiger partial charge in [-0.2, -0.15) is 0 Å². The predicted molar refractivity (Wildman–Crippen MR) is 145 cm³/mol. The van der Waals surface area contributed by atoms with Gasteiger partial charge in [0, 0.05) is 0 Å². The molecule has 0 aliphatic carbocycles. The van der Waals surface area contributed by atoms with E-state index in [1.165, 1.54) is 83.1 Å². The van der Waals surface area contributed by atoms with E-state index < -0.39 is 34.5 Å². The van der Waals surface area contributed by atoms with Crippen LogP contribution in [-0.4, -0.2) is 34.5 Å². The number of hydrogen-bond donors (Lipinski definition) is 0. The van der Waals surface area contributed by atoms with Crippen LogP contribution in [0.15, 0.2) is 0 Å². The van der Waals surface area contributed by atoms with Crippen LogP contribution in [0.25, 0.3) is 0 Å². The van der Waals surface area contributed by atoms with Crippen LogP contribution in [0.5, 0.6) is 0 Å². The highest BCUT2D eigenvalue weighted by Gasteiger charge is 2.43. The van der Waals surface area contributed by atoms with E-state index in [1.54, 1.807) is 0 Å². The van der Waals surface area contributed by atoms with E-state index in [-0.39, 0.29) is 0 Å². The Labute approximate surface area is 195 Å². The van der Waals surface area contributed by atoms with Crippen LogP contribution in [0, 0.1) is 0 Å². The van der Waals surface area contributed by atoms with Crippen LogP contribution < -0.4 is 0 Å². The monoisotopic (exact) mass is 492 g/mol. The highest BCUT2D eigenvalue weighted by atomic mass is 28.5. The van der Waals surface area contributed by atoms with Crippen molar-refractivity contribution in [1.29, 1.82) is 0 Å². The Morgan fingerprint density at radius 1 is 0.567 bits per heavy atom. The Hall–Kier alpha value is 0.748. The van der Waals surface area contributed by atoms with Gasteiger partial charge in [0.25, 0.3) is 0 Å². The van der Waals surface area contributed by atoms with Crippen molar-refractivity contribution in [3.8, 4) is 0 Å². The Kier molecular flexibility index (Phi) is 16.8. The standard InChI is InChI=1S/C23H56O3Si4/c1-10-12-14-15-16-17-18-19-20-21-23-30(9,24-27(3)4)26-29(7,8)25-28(5,6)22-13-11-2/h27H,10-23H2,1-9H3. The van der Waals surface area contributed by atoms with Gasteiger partial charge in [0.05, 0.1) is 0 Å². The summed E-state index contributed by atoms with van der Waals surface area (Å²) in [6.45, 7) is 20.7. The van der Waals surface area contributed by atoms with Gasteiger partial charge in [-0.25, -0.2) is 0 Å². The first-order valence-corrected chi connectivity index (χ1v) is 24.3. The van der Waals surface area contributed by atoms with Crippen molar-refractivity contribution in [3.63, 3.8) is 0 Å². The molecule has 0 heterocycles. The average Bonchev–Trinajstić information content (AvgIpc) is 2.59. The normalized spacial score (nSPS) is 15.0. The van der Waals surface area contributed by atoms with Crippen molar-refractivity contribution in [1.82, 2.24) is 0 Å². The molecule has 0 saturated carbocycles. The molecule has 0 aliphatic rings. The summed E-state index contributed by atoms with van der Waals surface area (Å²) in [5.74, 6) is 0. The molecule has 0 aromatic carbocycles. The fourth-order valence-corrected chi connectivity index (χ4v) is 22.4.